The van der Waals surface area contributed by atoms with Gasteiger partial charge in [-0.1, -0.05) is 30.3 Å². The maximum absolute atomic E-state index is 12.8. The summed E-state index contributed by atoms with van der Waals surface area (Å²) in [6.45, 7) is 0. The SMILES string of the molecule is O=C(NC12CC3CC(CC(C3)C1)C2)c1cc(-c2ccccc2)c[nH]1. The summed E-state index contributed by atoms with van der Waals surface area (Å²) in [6, 6.07) is 12.2. The molecule has 1 amide bonds. The number of benzene rings is 1. The summed E-state index contributed by atoms with van der Waals surface area (Å²) in [5, 5.41) is 3.44. The van der Waals surface area contributed by atoms with Crippen molar-refractivity contribution in [3.63, 3.8) is 0 Å². The second-order valence-electron chi connectivity index (χ2n) is 8.32. The fourth-order valence-electron chi connectivity index (χ4n) is 5.89. The van der Waals surface area contributed by atoms with Crippen LogP contribution in [0.3, 0.4) is 0 Å². The third-order valence-corrected chi connectivity index (χ3v) is 6.45. The Labute approximate surface area is 142 Å². The van der Waals surface area contributed by atoms with E-state index < -0.39 is 0 Å². The molecule has 1 aromatic heterocycles. The van der Waals surface area contributed by atoms with Crippen LogP contribution in [0, 0.1) is 17.8 Å². The highest BCUT2D eigenvalue weighted by molar-refractivity contribution is 5.94. The van der Waals surface area contributed by atoms with Crippen LogP contribution in [0.5, 0.6) is 0 Å². The zero-order valence-corrected chi connectivity index (χ0v) is 13.9. The average Bonchev–Trinajstić information content (AvgIpc) is 3.04. The summed E-state index contributed by atoms with van der Waals surface area (Å²) in [7, 11) is 0. The number of nitrogens with one attached hydrogen (secondary N) is 2. The van der Waals surface area contributed by atoms with Crippen LogP contribution < -0.4 is 5.32 Å². The van der Waals surface area contributed by atoms with E-state index >= 15 is 0 Å². The molecular formula is C21H24N2O. The third-order valence-electron chi connectivity index (χ3n) is 6.45. The largest absolute Gasteiger partial charge is 0.357 e. The van der Waals surface area contributed by atoms with Gasteiger partial charge in [0, 0.05) is 11.7 Å². The highest BCUT2D eigenvalue weighted by atomic mass is 16.2. The number of rotatable bonds is 3. The fraction of sp³-hybridized carbons (Fsp3) is 0.476. The molecule has 0 atom stereocenters. The highest BCUT2D eigenvalue weighted by Crippen LogP contribution is 2.55. The molecule has 0 unspecified atom stereocenters. The van der Waals surface area contributed by atoms with Crippen LogP contribution in [0.2, 0.25) is 0 Å². The van der Waals surface area contributed by atoms with Gasteiger partial charge in [0.05, 0.1) is 0 Å². The topological polar surface area (TPSA) is 44.9 Å². The molecule has 6 rings (SSSR count). The standard InChI is InChI=1S/C21H24N2O/c24-20(19-9-18(13-22-19)17-4-2-1-3-5-17)23-21-10-14-6-15(11-21)8-16(7-14)12-21/h1-5,9,13-16,22H,6-8,10-12H2,(H,23,24). The second-order valence-corrected chi connectivity index (χ2v) is 8.32. The summed E-state index contributed by atoms with van der Waals surface area (Å²) in [5.74, 6) is 2.61. The Kier molecular flexibility index (Phi) is 3.12. The molecule has 4 aliphatic carbocycles. The molecule has 1 heterocycles. The van der Waals surface area contributed by atoms with E-state index in [0.717, 1.165) is 28.9 Å². The summed E-state index contributed by atoms with van der Waals surface area (Å²) >= 11 is 0. The van der Waals surface area contributed by atoms with E-state index in [1.807, 2.05) is 30.5 Å². The Morgan fingerprint density at radius 3 is 2.21 bits per heavy atom. The molecule has 4 aliphatic rings. The van der Waals surface area contributed by atoms with E-state index in [1.165, 1.54) is 38.5 Å². The van der Waals surface area contributed by atoms with Gasteiger partial charge in [-0.2, -0.15) is 0 Å². The predicted molar refractivity (Wildman–Crippen MR) is 94.6 cm³/mol. The lowest BCUT2D eigenvalue weighted by Gasteiger charge is -2.56. The monoisotopic (exact) mass is 320 g/mol. The van der Waals surface area contributed by atoms with E-state index in [4.69, 9.17) is 0 Å². The lowest BCUT2D eigenvalue weighted by molar-refractivity contribution is -0.0167. The minimum Gasteiger partial charge on any atom is -0.357 e. The molecule has 124 valence electrons. The smallest absolute Gasteiger partial charge is 0.268 e. The van der Waals surface area contributed by atoms with E-state index in [2.05, 4.69) is 22.4 Å². The predicted octanol–water partition coefficient (Wildman–Crippen LogP) is 4.38. The van der Waals surface area contributed by atoms with Crippen LogP contribution in [0.15, 0.2) is 42.6 Å². The Morgan fingerprint density at radius 2 is 1.58 bits per heavy atom. The van der Waals surface area contributed by atoms with Crippen molar-refractivity contribution in [1.29, 1.82) is 0 Å². The first-order valence-corrected chi connectivity index (χ1v) is 9.25. The molecule has 2 aromatic rings. The van der Waals surface area contributed by atoms with Crippen LogP contribution in [0.1, 0.15) is 49.0 Å². The van der Waals surface area contributed by atoms with Crippen LogP contribution in [0.25, 0.3) is 11.1 Å². The van der Waals surface area contributed by atoms with Crippen LogP contribution >= 0.6 is 0 Å². The molecule has 0 aliphatic heterocycles. The number of hydrogen-bond donors (Lipinski definition) is 2. The molecule has 4 fully saturated rings. The molecule has 2 N–H and O–H groups in total. The van der Waals surface area contributed by atoms with Gasteiger partial charge in [-0.05, 0) is 73.5 Å². The number of hydrogen-bond acceptors (Lipinski definition) is 1. The first-order chi connectivity index (χ1) is 11.7. The van der Waals surface area contributed by atoms with Crippen molar-refractivity contribution >= 4 is 5.91 Å². The first kappa shape index (κ1) is 14.3. The van der Waals surface area contributed by atoms with Crippen molar-refractivity contribution in [2.75, 3.05) is 0 Å². The fourth-order valence-corrected chi connectivity index (χ4v) is 5.89. The number of aromatic amines is 1. The summed E-state index contributed by atoms with van der Waals surface area (Å²) in [4.78, 5) is 16.0. The Hall–Kier alpha value is -2.03. The number of H-pyrrole nitrogens is 1. The summed E-state index contributed by atoms with van der Waals surface area (Å²) in [6.07, 6.45) is 9.70. The van der Waals surface area contributed by atoms with Gasteiger partial charge in [0.2, 0.25) is 0 Å². The van der Waals surface area contributed by atoms with Crippen molar-refractivity contribution in [2.45, 2.75) is 44.1 Å². The van der Waals surface area contributed by atoms with E-state index in [0.29, 0.717) is 5.69 Å². The molecule has 4 saturated carbocycles. The minimum atomic E-state index is 0.0686. The van der Waals surface area contributed by atoms with Gasteiger partial charge in [-0.25, -0.2) is 0 Å². The molecule has 0 radical (unpaired) electrons. The van der Waals surface area contributed by atoms with Crippen LogP contribution in [-0.4, -0.2) is 16.4 Å². The van der Waals surface area contributed by atoms with Crippen molar-refractivity contribution in [3.8, 4) is 11.1 Å². The van der Waals surface area contributed by atoms with Gasteiger partial charge < -0.3 is 10.3 Å². The summed E-state index contributed by atoms with van der Waals surface area (Å²) < 4.78 is 0. The zero-order chi connectivity index (χ0) is 16.1. The number of aromatic nitrogens is 1. The van der Waals surface area contributed by atoms with Gasteiger partial charge in [-0.3, -0.25) is 4.79 Å². The summed E-state index contributed by atoms with van der Waals surface area (Å²) in [5.41, 5.74) is 2.97. The van der Waals surface area contributed by atoms with Crippen molar-refractivity contribution in [2.24, 2.45) is 17.8 Å². The number of carbonyl (C=O) groups excluding carboxylic acids is 1. The maximum Gasteiger partial charge on any atom is 0.268 e. The number of carbonyl (C=O) groups is 1. The maximum atomic E-state index is 12.8. The lowest BCUT2D eigenvalue weighted by Crippen LogP contribution is -2.59. The Balaban J connectivity index is 1.35. The Bertz CT molecular complexity index is 726. The molecule has 3 nitrogen and oxygen atoms in total. The molecule has 4 bridgehead atoms. The van der Waals surface area contributed by atoms with Gasteiger partial charge in [-0.15, -0.1) is 0 Å². The van der Waals surface area contributed by atoms with Crippen molar-refractivity contribution in [1.82, 2.24) is 10.3 Å². The third kappa shape index (κ3) is 2.38. The molecular weight excluding hydrogens is 296 g/mol. The van der Waals surface area contributed by atoms with Gasteiger partial charge in [0.15, 0.2) is 0 Å². The molecule has 0 spiro atoms. The lowest BCUT2D eigenvalue weighted by atomic mass is 9.53. The Morgan fingerprint density at radius 1 is 0.958 bits per heavy atom. The van der Waals surface area contributed by atoms with Gasteiger partial charge >= 0.3 is 0 Å². The quantitative estimate of drug-likeness (QED) is 0.866. The molecule has 3 heteroatoms. The average molecular weight is 320 g/mol. The van der Waals surface area contributed by atoms with Crippen LogP contribution in [0.4, 0.5) is 0 Å². The van der Waals surface area contributed by atoms with Crippen molar-refractivity contribution < 1.29 is 4.79 Å². The zero-order valence-electron chi connectivity index (χ0n) is 13.9. The highest BCUT2D eigenvalue weighted by Gasteiger charge is 2.51. The second kappa shape index (κ2) is 5.23. The molecule has 24 heavy (non-hydrogen) atoms. The van der Waals surface area contributed by atoms with Crippen LogP contribution in [-0.2, 0) is 0 Å². The normalized spacial score (nSPS) is 33.6. The molecule has 1 aromatic carbocycles. The van der Waals surface area contributed by atoms with Gasteiger partial charge in [0.1, 0.15) is 5.69 Å². The molecule has 0 saturated heterocycles. The number of amides is 1. The first-order valence-electron chi connectivity index (χ1n) is 9.25. The van der Waals surface area contributed by atoms with E-state index in [1.54, 1.807) is 0 Å². The van der Waals surface area contributed by atoms with E-state index in [9.17, 15) is 4.79 Å². The van der Waals surface area contributed by atoms with E-state index in [-0.39, 0.29) is 11.4 Å². The van der Waals surface area contributed by atoms with Gasteiger partial charge in [0.25, 0.3) is 5.91 Å². The minimum absolute atomic E-state index is 0.0686. The van der Waals surface area contributed by atoms with Crippen molar-refractivity contribution in [3.05, 3.63) is 48.3 Å².